The molecule has 0 bridgehead atoms. The summed E-state index contributed by atoms with van der Waals surface area (Å²) in [6.45, 7) is 2.69. The maximum absolute atomic E-state index is 12.9. The lowest BCUT2D eigenvalue weighted by Gasteiger charge is -2.11. The molecule has 1 unspecified atom stereocenters. The molecule has 1 atom stereocenters. The third-order valence-electron chi connectivity index (χ3n) is 2.55. The van der Waals surface area contributed by atoms with Gasteiger partial charge in [0.2, 0.25) is 0 Å². The molecule has 0 aliphatic carbocycles. The summed E-state index contributed by atoms with van der Waals surface area (Å²) in [7, 11) is 0. The monoisotopic (exact) mass is 259 g/mol. The molecule has 0 saturated carbocycles. The van der Waals surface area contributed by atoms with E-state index in [1.54, 1.807) is 6.07 Å². The molecule has 3 nitrogen and oxygen atoms in total. The first-order valence-electron chi connectivity index (χ1n) is 5.42. The molecule has 0 saturated heterocycles. The van der Waals surface area contributed by atoms with Crippen LogP contribution in [0.3, 0.4) is 0 Å². The van der Waals surface area contributed by atoms with Crippen LogP contribution in [0, 0.1) is 11.7 Å². The van der Waals surface area contributed by atoms with Crippen molar-refractivity contribution in [1.82, 2.24) is 5.32 Å². The highest BCUT2D eigenvalue weighted by Crippen LogP contribution is 2.15. The van der Waals surface area contributed by atoms with E-state index >= 15 is 0 Å². The van der Waals surface area contributed by atoms with Crippen LogP contribution in [0.1, 0.15) is 18.9 Å². The summed E-state index contributed by atoms with van der Waals surface area (Å²) in [5, 5.41) is 11.9. The Labute approximate surface area is 105 Å². The van der Waals surface area contributed by atoms with Crippen molar-refractivity contribution in [2.45, 2.75) is 19.9 Å². The van der Waals surface area contributed by atoms with Gasteiger partial charge in [-0.3, -0.25) is 4.79 Å². The first kappa shape index (κ1) is 13.9. The molecular formula is C12H15ClFNO2. The normalized spacial score (nSPS) is 12.4. The molecule has 5 heteroatoms. The Balaban J connectivity index is 2.45. The Kier molecular flexibility index (Phi) is 5.38. The second kappa shape index (κ2) is 6.57. The second-order valence-corrected chi connectivity index (χ2v) is 4.23. The molecule has 0 aromatic heterocycles. The first-order chi connectivity index (χ1) is 8.04. The Morgan fingerprint density at radius 1 is 1.59 bits per heavy atom. The van der Waals surface area contributed by atoms with E-state index in [0.29, 0.717) is 19.5 Å². The van der Waals surface area contributed by atoms with Gasteiger partial charge in [0.05, 0.1) is 10.9 Å². The lowest BCUT2D eigenvalue weighted by Crippen LogP contribution is -2.27. The Hall–Kier alpha value is -1.13. The van der Waals surface area contributed by atoms with Crippen LogP contribution in [-0.4, -0.2) is 17.6 Å². The van der Waals surface area contributed by atoms with E-state index in [4.69, 9.17) is 16.7 Å². The molecule has 0 fully saturated rings. The van der Waals surface area contributed by atoms with Crippen molar-refractivity contribution in [3.05, 3.63) is 34.6 Å². The van der Waals surface area contributed by atoms with Crippen LogP contribution in [0.5, 0.6) is 0 Å². The molecule has 1 aromatic rings. The summed E-state index contributed by atoms with van der Waals surface area (Å²) in [4.78, 5) is 10.8. The molecule has 1 aromatic carbocycles. The second-order valence-electron chi connectivity index (χ2n) is 3.82. The third-order valence-corrected chi connectivity index (χ3v) is 2.84. The van der Waals surface area contributed by atoms with Gasteiger partial charge in [-0.15, -0.1) is 0 Å². The fourth-order valence-electron chi connectivity index (χ4n) is 1.45. The minimum Gasteiger partial charge on any atom is -0.481 e. The number of halogens is 2. The van der Waals surface area contributed by atoms with Crippen molar-refractivity contribution in [2.75, 3.05) is 6.54 Å². The number of carboxylic acid groups (broad SMARTS) is 1. The molecule has 0 aliphatic heterocycles. The highest BCUT2D eigenvalue weighted by atomic mass is 35.5. The average Bonchev–Trinajstić information content (AvgIpc) is 2.28. The van der Waals surface area contributed by atoms with Gasteiger partial charge in [0.25, 0.3) is 0 Å². The number of carbonyl (C=O) groups is 1. The summed E-state index contributed by atoms with van der Waals surface area (Å²) in [6, 6.07) is 4.45. The van der Waals surface area contributed by atoms with E-state index in [2.05, 4.69) is 5.32 Å². The summed E-state index contributed by atoms with van der Waals surface area (Å²) in [5.41, 5.74) is 0.830. The standard InChI is InChI=1S/C12H15ClFNO2/c1-2-9(12(16)17)7-15-6-8-3-4-11(14)10(13)5-8/h3-5,9,15H,2,6-7H2,1H3,(H,16,17). The fourth-order valence-corrected chi connectivity index (χ4v) is 1.65. The van der Waals surface area contributed by atoms with Crippen LogP contribution in [0.25, 0.3) is 0 Å². The fraction of sp³-hybridized carbons (Fsp3) is 0.417. The van der Waals surface area contributed by atoms with E-state index in [0.717, 1.165) is 5.56 Å². The topological polar surface area (TPSA) is 49.3 Å². The molecule has 0 amide bonds. The van der Waals surface area contributed by atoms with Crippen LogP contribution in [-0.2, 0) is 11.3 Å². The number of benzene rings is 1. The lowest BCUT2D eigenvalue weighted by atomic mass is 10.1. The molecule has 0 heterocycles. The minimum atomic E-state index is -0.808. The molecule has 0 aliphatic rings. The molecule has 0 spiro atoms. The van der Waals surface area contributed by atoms with Gasteiger partial charge in [0.1, 0.15) is 5.82 Å². The minimum absolute atomic E-state index is 0.0783. The molecule has 17 heavy (non-hydrogen) atoms. The number of hydrogen-bond donors (Lipinski definition) is 2. The highest BCUT2D eigenvalue weighted by Gasteiger charge is 2.13. The number of nitrogens with one attached hydrogen (secondary N) is 1. The van der Waals surface area contributed by atoms with E-state index in [1.165, 1.54) is 12.1 Å². The first-order valence-corrected chi connectivity index (χ1v) is 5.79. The van der Waals surface area contributed by atoms with E-state index in [1.807, 2.05) is 6.92 Å². The van der Waals surface area contributed by atoms with Gasteiger partial charge in [-0.2, -0.15) is 0 Å². The van der Waals surface area contributed by atoms with Crippen molar-refractivity contribution in [3.8, 4) is 0 Å². The molecule has 94 valence electrons. The van der Waals surface area contributed by atoms with Gasteiger partial charge >= 0.3 is 5.97 Å². The van der Waals surface area contributed by atoms with Gasteiger partial charge in [-0.1, -0.05) is 24.6 Å². The molecule has 0 radical (unpaired) electrons. The smallest absolute Gasteiger partial charge is 0.307 e. The van der Waals surface area contributed by atoms with Gasteiger partial charge in [0, 0.05) is 13.1 Å². The van der Waals surface area contributed by atoms with Crippen molar-refractivity contribution in [2.24, 2.45) is 5.92 Å². The summed E-state index contributed by atoms with van der Waals surface area (Å²) >= 11 is 5.64. The summed E-state index contributed by atoms with van der Waals surface area (Å²) in [6.07, 6.45) is 0.576. The van der Waals surface area contributed by atoms with E-state index < -0.39 is 17.7 Å². The lowest BCUT2D eigenvalue weighted by molar-refractivity contribution is -0.141. The molecule has 1 rings (SSSR count). The Morgan fingerprint density at radius 3 is 2.82 bits per heavy atom. The van der Waals surface area contributed by atoms with Crippen molar-refractivity contribution >= 4 is 17.6 Å². The number of hydrogen-bond acceptors (Lipinski definition) is 2. The number of carboxylic acids is 1. The Morgan fingerprint density at radius 2 is 2.29 bits per heavy atom. The van der Waals surface area contributed by atoms with Crippen molar-refractivity contribution in [3.63, 3.8) is 0 Å². The SMILES string of the molecule is CCC(CNCc1ccc(F)c(Cl)c1)C(=O)O. The van der Waals surface area contributed by atoms with Crippen LogP contribution in [0.4, 0.5) is 4.39 Å². The maximum atomic E-state index is 12.9. The zero-order valence-corrected chi connectivity index (χ0v) is 10.3. The van der Waals surface area contributed by atoms with Crippen LogP contribution >= 0.6 is 11.6 Å². The van der Waals surface area contributed by atoms with Crippen molar-refractivity contribution in [1.29, 1.82) is 0 Å². The van der Waals surface area contributed by atoms with Gasteiger partial charge in [-0.25, -0.2) is 4.39 Å². The zero-order chi connectivity index (χ0) is 12.8. The van der Waals surface area contributed by atoms with Gasteiger partial charge in [-0.05, 0) is 24.1 Å². The predicted octanol–water partition coefficient (Wildman–Crippen LogP) is 2.68. The molecular weight excluding hydrogens is 245 g/mol. The maximum Gasteiger partial charge on any atom is 0.307 e. The Bertz CT molecular complexity index is 398. The van der Waals surface area contributed by atoms with Crippen LogP contribution < -0.4 is 5.32 Å². The van der Waals surface area contributed by atoms with Gasteiger partial charge < -0.3 is 10.4 Å². The molecule has 2 N–H and O–H groups in total. The number of aliphatic carboxylic acids is 1. The summed E-state index contributed by atoms with van der Waals surface area (Å²) in [5.74, 6) is -1.66. The van der Waals surface area contributed by atoms with Crippen LogP contribution in [0.15, 0.2) is 18.2 Å². The van der Waals surface area contributed by atoms with Crippen molar-refractivity contribution < 1.29 is 14.3 Å². The van der Waals surface area contributed by atoms with E-state index in [9.17, 15) is 9.18 Å². The van der Waals surface area contributed by atoms with E-state index in [-0.39, 0.29) is 5.02 Å². The van der Waals surface area contributed by atoms with Crippen LogP contribution in [0.2, 0.25) is 5.02 Å². The quantitative estimate of drug-likeness (QED) is 0.826. The average molecular weight is 260 g/mol. The summed E-state index contributed by atoms with van der Waals surface area (Å²) < 4.78 is 12.9. The zero-order valence-electron chi connectivity index (χ0n) is 9.54. The predicted molar refractivity (Wildman–Crippen MR) is 64.5 cm³/mol. The number of rotatable bonds is 6. The largest absolute Gasteiger partial charge is 0.481 e. The highest BCUT2D eigenvalue weighted by molar-refractivity contribution is 6.30. The third kappa shape index (κ3) is 4.32. The van der Waals surface area contributed by atoms with Gasteiger partial charge in [0.15, 0.2) is 0 Å².